The van der Waals surface area contributed by atoms with Crippen molar-refractivity contribution < 1.29 is 4.79 Å². The molecule has 1 heterocycles. The summed E-state index contributed by atoms with van der Waals surface area (Å²) in [7, 11) is 0. The summed E-state index contributed by atoms with van der Waals surface area (Å²) in [6, 6.07) is 7.74. The lowest BCUT2D eigenvalue weighted by Crippen LogP contribution is -2.34. The molecule has 0 bridgehead atoms. The first kappa shape index (κ1) is 13.5. The van der Waals surface area contributed by atoms with Gasteiger partial charge in [-0.25, -0.2) is 4.98 Å². The second-order valence-corrected chi connectivity index (χ2v) is 5.23. The van der Waals surface area contributed by atoms with Crippen molar-refractivity contribution >= 4 is 11.7 Å². The molecule has 0 atom stereocenters. The number of carbonyl (C=O) groups excluding carboxylic acids is 1. The van der Waals surface area contributed by atoms with E-state index in [2.05, 4.69) is 16.4 Å². The highest BCUT2D eigenvalue weighted by Gasteiger charge is 2.39. The van der Waals surface area contributed by atoms with E-state index in [1.54, 1.807) is 6.07 Å². The molecule has 4 heteroatoms. The molecule has 0 spiro atoms. The molecule has 4 nitrogen and oxygen atoms in total. The van der Waals surface area contributed by atoms with Crippen molar-refractivity contribution in [3.05, 3.63) is 23.9 Å². The fourth-order valence-corrected chi connectivity index (χ4v) is 2.57. The molecule has 2 rings (SSSR count). The van der Waals surface area contributed by atoms with Crippen molar-refractivity contribution in [2.75, 3.05) is 5.32 Å². The lowest BCUT2D eigenvalue weighted by Gasteiger charge is -2.23. The Balaban J connectivity index is 2.15. The van der Waals surface area contributed by atoms with E-state index in [9.17, 15) is 10.1 Å². The van der Waals surface area contributed by atoms with Crippen molar-refractivity contribution in [2.45, 2.75) is 45.4 Å². The monoisotopic (exact) mass is 257 g/mol. The third kappa shape index (κ3) is 3.11. The second-order valence-electron chi connectivity index (χ2n) is 5.23. The minimum atomic E-state index is -0.873. The number of aryl methyl sites for hydroxylation is 1. The Labute approximate surface area is 113 Å². The number of rotatable bonds is 2. The third-order valence-electron chi connectivity index (χ3n) is 3.74. The standard InChI is InChI=1S/C15H19N3O/c1-12-7-6-8-13(17-12)18-14(19)15(11-16)9-4-2-3-5-10-15/h6-8H,2-5,9-10H2,1H3,(H,17,18,19). The van der Waals surface area contributed by atoms with E-state index in [-0.39, 0.29) is 5.91 Å². The van der Waals surface area contributed by atoms with Crippen LogP contribution in [0.3, 0.4) is 0 Å². The van der Waals surface area contributed by atoms with Gasteiger partial charge in [0.25, 0.3) is 0 Å². The number of hydrogen-bond acceptors (Lipinski definition) is 3. The average molecular weight is 257 g/mol. The Morgan fingerprint density at radius 3 is 2.58 bits per heavy atom. The summed E-state index contributed by atoms with van der Waals surface area (Å²) in [5, 5.41) is 12.2. The van der Waals surface area contributed by atoms with E-state index >= 15 is 0 Å². The number of nitrogens with one attached hydrogen (secondary N) is 1. The Bertz CT molecular complexity index is 496. The van der Waals surface area contributed by atoms with Crippen LogP contribution in [-0.2, 0) is 4.79 Å². The van der Waals surface area contributed by atoms with Gasteiger partial charge in [-0.15, -0.1) is 0 Å². The molecule has 0 unspecified atom stereocenters. The number of hydrogen-bond donors (Lipinski definition) is 1. The fraction of sp³-hybridized carbons (Fsp3) is 0.533. The molecule has 0 aliphatic heterocycles. The van der Waals surface area contributed by atoms with Crippen LogP contribution in [0.25, 0.3) is 0 Å². The molecule has 1 amide bonds. The van der Waals surface area contributed by atoms with Gasteiger partial charge in [0, 0.05) is 5.69 Å². The first-order chi connectivity index (χ1) is 9.16. The summed E-state index contributed by atoms with van der Waals surface area (Å²) >= 11 is 0. The predicted octanol–water partition coefficient (Wildman–Crippen LogP) is 3.19. The van der Waals surface area contributed by atoms with Crippen LogP contribution in [0.2, 0.25) is 0 Å². The van der Waals surface area contributed by atoms with Crippen molar-refractivity contribution in [3.8, 4) is 6.07 Å². The number of carbonyl (C=O) groups is 1. The molecule has 1 aromatic rings. The van der Waals surface area contributed by atoms with Gasteiger partial charge in [0.1, 0.15) is 11.2 Å². The van der Waals surface area contributed by atoms with Gasteiger partial charge < -0.3 is 5.32 Å². The zero-order valence-corrected chi connectivity index (χ0v) is 11.3. The molecule has 0 radical (unpaired) electrons. The molecule has 1 aliphatic carbocycles. The zero-order valence-electron chi connectivity index (χ0n) is 11.3. The quantitative estimate of drug-likeness (QED) is 0.827. The van der Waals surface area contributed by atoms with Crippen molar-refractivity contribution in [1.29, 1.82) is 5.26 Å². The highest BCUT2D eigenvalue weighted by molar-refractivity contribution is 5.96. The molecular formula is C15H19N3O. The summed E-state index contributed by atoms with van der Waals surface area (Å²) < 4.78 is 0. The van der Waals surface area contributed by atoms with Gasteiger partial charge in [-0.3, -0.25) is 4.79 Å². The summed E-state index contributed by atoms with van der Waals surface area (Å²) in [4.78, 5) is 16.7. The van der Waals surface area contributed by atoms with Crippen LogP contribution in [0.4, 0.5) is 5.82 Å². The smallest absolute Gasteiger partial charge is 0.246 e. The molecule has 0 saturated heterocycles. The number of pyridine rings is 1. The normalized spacial score (nSPS) is 18.1. The SMILES string of the molecule is Cc1cccc(NC(=O)C2(C#N)CCCCCC2)n1. The number of anilines is 1. The second kappa shape index (κ2) is 5.83. The van der Waals surface area contributed by atoms with Crippen LogP contribution in [-0.4, -0.2) is 10.9 Å². The summed E-state index contributed by atoms with van der Waals surface area (Å²) in [5.74, 6) is 0.332. The van der Waals surface area contributed by atoms with Gasteiger partial charge in [-0.2, -0.15) is 5.26 Å². The van der Waals surface area contributed by atoms with Gasteiger partial charge >= 0.3 is 0 Å². The molecule has 0 aromatic carbocycles. The number of aromatic nitrogens is 1. The van der Waals surface area contributed by atoms with Gasteiger partial charge in [-0.1, -0.05) is 31.7 Å². The van der Waals surface area contributed by atoms with Crippen LogP contribution in [0.1, 0.15) is 44.2 Å². The largest absolute Gasteiger partial charge is 0.309 e. The fourth-order valence-electron chi connectivity index (χ4n) is 2.57. The first-order valence-corrected chi connectivity index (χ1v) is 6.83. The van der Waals surface area contributed by atoms with E-state index in [0.29, 0.717) is 18.7 Å². The van der Waals surface area contributed by atoms with Crippen LogP contribution in [0.5, 0.6) is 0 Å². The topological polar surface area (TPSA) is 65.8 Å². The van der Waals surface area contributed by atoms with Crippen LogP contribution in [0.15, 0.2) is 18.2 Å². The van der Waals surface area contributed by atoms with Crippen LogP contribution < -0.4 is 5.32 Å². The number of nitriles is 1. The van der Waals surface area contributed by atoms with Gasteiger partial charge in [0.15, 0.2) is 0 Å². The molecule has 1 aromatic heterocycles. The molecular weight excluding hydrogens is 238 g/mol. The summed E-state index contributed by atoms with van der Waals surface area (Å²) in [5.41, 5.74) is -0.0215. The zero-order chi connectivity index (χ0) is 13.7. The van der Waals surface area contributed by atoms with Crippen LogP contribution >= 0.6 is 0 Å². The van der Waals surface area contributed by atoms with E-state index in [1.165, 1.54) is 0 Å². The molecule has 100 valence electrons. The minimum absolute atomic E-state index is 0.199. The number of amides is 1. The van der Waals surface area contributed by atoms with Gasteiger partial charge in [0.2, 0.25) is 5.91 Å². The molecule has 1 fully saturated rings. The summed E-state index contributed by atoms with van der Waals surface area (Å²) in [6.45, 7) is 1.88. The highest BCUT2D eigenvalue weighted by atomic mass is 16.2. The lowest BCUT2D eigenvalue weighted by atomic mass is 9.81. The van der Waals surface area contributed by atoms with Gasteiger partial charge in [0.05, 0.1) is 6.07 Å². The third-order valence-corrected chi connectivity index (χ3v) is 3.74. The Morgan fingerprint density at radius 1 is 1.32 bits per heavy atom. The molecule has 1 N–H and O–H groups in total. The first-order valence-electron chi connectivity index (χ1n) is 6.83. The highest BCUT2D eigenvalue weighted by Crippen LogP contribution is 2.35. The maximum atomic E-state index is 12.4. The van der Waals surface area contributed by atoms with E-state index in [0.717, 1.165) is 31.4 Å². The number of nitrogens with zero attached hydrogens (tertiary/aromatic N) is 2. The van der Waals surface area contributed by atoms with E-state index < -0.39 is 5.41 Å². The van der Waals surface area contributed by atoms with E-state index in [1.807, 2.05) is 19.1 Å². The summed E-state index contributed by atoms with van der Waals surface area (Å²) in [6.07, 6.45) is 5.42. The van der Waals surface area contributed by atoms with Crippen LogP contribution in [0, 0.1) is 23.7 Å². The lowest BCUT2D eigenvalue weighted by molar-refractivity contribution is -0.123. The van der Waals surface area contributed by atoms with Crippen molar-refractivity contribution in [1.82, 2.24) is 4.98 Å². The van der Waals surface area contributed by atoms with Crippen molar-refractivity contribution in [2.24, 2.45) is 5.41 Å². The molecule has 1 saturated carbocycles. The van der Waals surface area contributed by atoms with Crippen molar-refractivity contribution in [3.63, 3.8) is 0 Å². The Kier molecular flexibility index (Phi) is 4.16. The average Bonchev–Trinajstić information content (AvgIpc) is 2.65. The minimum Gasteiger partial charge on any atom is -0.309 e. The maximum Gasteiger partial charge on any atom is 0.246 e. The Morgan fingerprint density at radius 2 is 2.00 bits per heavy atom. The molecule has 1 aliphatic rings. The predicted molar refractivity (Wildman–Crippen MR) is 73.4 cm³/mol. The van der Waals surface area contributed by atoms with Gasteiger partial charge in [-0.05, 0) is 31.9 Å². The molecule has 19 heavy (non-hydrogen) atoms. The van der Waals surface area contributed by atoms with E-state index in [4.69, 9.17) is 0 Å². The maximum absolute atomic E-state index is 12.4. The Hall–Kier alpha value is -1.89.